The zero-order chi connectivity index (χ0) is 10.1. The number of rotatable bonds is 1. The molecule has 2 aliphatic carbocycles. The van der Waals surface area contributed by atoms with Crippen LogP contribution in [0, 0.1) is 17.8 Å². The maximum atomic E-state index is 11.3. The Hall–Kier alpha value is -0.590. The molecule has 0 saturated heterocycles. The van der Waals surface area contributed by atoms with Crippen molar-refractivity contribution in [3.05, 3.63) is 11.6 Å². The highest BCUT2D eigenvalue weighted by Gasteiger charge is 2.30. The summed E-state index contributed by atoms with van der Waals surface area (Å²) in [4.78, 5) is 11.3. The number of ketones is 1. The van der Waals surface area contributed by atoms with Gasteiger partial charge in [0.1, 0.15) is 0 Å². The molecule has 0 aromatic heterocycles. The predicted octanol–water partition coefficient (Wildman–Crippen LogP) is 3.35. The van der Waals surface area contributed by atoms with E-state index in [0.717, 1.165) is 30.6 Å². The van der Waals surface area contributed by atoms with E-state index in [9.17, 15) is 4.79 Å². The lowest BCUT2D eigenvalue weighted by molar-refractivity contribution is -0.115. The van der Waals surface area contributed by atoms with Gasteiger partial charge >= 0.3 is 0 Å². The summed E-state index contributed by atoms with van der Waals surface area (Å²) in [7, 11) is 0. The van der Waals surface area contributed by atoms with Crippen molar-refractivity contribution in [3.63, 3.8) is 0 Å². The molecule has 0 bridgehead atoms. The lowest BCUT2D eigenvalue weighted by atomic mass is 9.70. The van der Waals surface area contributed by atoms with Gasteiger partial charge in [0, 0.05) is 6.42 Å². The van der Waals surface area contributed by atoms with Gasteiger partial charge in [-0.2, -0.15) is 0 Å². The molecule has 1 heteroatoms. The van der Waals surface area contributed by atoms with E-state index in [-0.39, 0.29) is 0 Å². The van der Waals surface area contributed by atoms with Crippen molar-refractivity contribution in [2.45, 2.75) is 46.0 Å². The molecule has 2 atom stereocenters. The van der Waals surface area contributed by atoms with Crippen LogP contribution in [-0.4, -0.2) is 5.78 Å². The van der Waals surface area contributed by atoms with E-state index >= 15 is 0 Å². The SMILES string of the molecule is CC(C)C1CCC2=CC(=O)CCC2C1. The molecule has 78 valence electrons. The Kier molecular flexibility index (Phi) is 2.76. The van der Waals surface area contributed by atoms with Crippen LogP contribution in [0.2, 0.25) is 0 Å². The van der Waals surface area contributed by atoms with Gasteiger partial charge < -0.3 is 0 Å². The summed E-state index contributed by atoms with van der Waals surface area (Å²) in [5.74, 6) is 2.81. The van der Waals surface area contributed by atoms with Crippen LogP contribution < -0.4 is 0 Å². The van der Waals surface area contributed by atoms with Crippen LogP contribution >= 0.6 is 0 Å². The maximum Gasteiger partial charge on any atom is 0.155 e. The summed E-state index contributed by atoms with van der Waals surface area (Å²) in [6.07, 6.45) is 7.65. The van der Waals surface area contributed by atoms with E-state index in [1.807, 2.05) is 6.08 Å². The van der Waals surface area contributed by atoms with Crippen molar-refractivity contribution < 1.29 is 4.79 Å². The Morgan fingerprint density at radius 1 is 1.29 bits per heavy atom. The van der Waals surface area contributed by atoms with Crippen molar-refractivity contribution in [2.75, 3.05) is 0 Å². The highest BCUT2D eigenvalue weighted by Crippen LogP contribution is 2.41. The van der Waals surface area contributed by atoms with Crippen LogP contribution in [0.25, 0.3) is 0 Å². The fraction of sp³-hybridized carbons (Fsp3) is 0.769. The van der Waals surface area contributed by atoms with Gasteiger partial charge in [-0.15, -0.1) is 0 Å². The van der Waals surface area contributed by atoms with Crippen molar-refractivity contribution in [1.29, 1.82) is 0 Å². The lowest BCUT2D eigenvalue weighted by Gasteiger charge is -2.35. The number of hydrogen-bond acceptors (Lipinski definition) is 1. The molecule has 1 saturated carbocycles. The van der Waals surface area contributed by atoms with Gasteiger partial charge in [0.05, 0.1) is 0 Å². The molecular weight excluding hydrogens is 172 g/mol. The largest absolute Gasteiger partial charge is 0.295 e. The third-order valence-corrected chi connectivity index (χ3v) is 3.94. The average molecular weight is 192 g/mol. The highest BCUT2D eigenvalue weighted by molar-refractivity contribution is 5.91. The molecule has 0 aliphatic heterocycles. The van der Waals surface area contributed by atoms with Crippen LogP contribution in [-0.2, 0) is 4.79 Å². The van der Waals surface area contributed by atoms with Crippen molar-refractivity contribution >= 4 is 5.78 Å². The first-order chi connectivity index (χ1) is 6.66. The standard InChI is InChI=1S/C13H20O/c1-9(2)10-3-4-12-8-13(14)6-5-11(12)7-10/h8-11H,3-7H2,1-2H3. The Morgan fingerprint density at radius 2 is 2.07 bits per heavy atom. The van der Waals surface area contributed by atoms with Gasteiger partial charge in [-0.05, 0) is 49.5 Å². The monoisotopic (exact) mass is 192 g/mol. The summed E-state index contributed by atoms with van der Waals surface area (Å²) in [5.41, 5.74) is 1.46. The van der Waals surface area contributed by atoms with Crippen LogP contribution in [0.5, 0.6) is 0 Å². The first-order valence-corrected chi connectivity index (χ1v) is 5.90. The van der Waals surface area contributed by atoms with Gasteiger partial charge in [0.15, 0.2) is 5.78 Å². The van der Waals surface area contributed by atoms with Crippen LogP contribution in [0.15, 0.2) is 11.6 Å². The third kappa shape index (κ3) is 1.92. The minimum atomic E-state index is 0.360. The molecule has 0 radical (unpaired) electrons. The quantitative estimate of drug-likeness (QED) is 0.622. The van der Waals surface area contributed by atoms with E-state index in [2.05, 4.69) is 13.8 Å². The predicted molar refractivity (Wildman–Crippen MR) is 58.0 cm³/mol. The first-order valence-electron chi connectivity index (χ1n) is 5.90. The summed E-state index contributed by atoms with van der Waals surface area (Å²) in [6, 6.07) is 0. The molecule has 0 N–H and O–H groups in total. The molecule has 0 aromatic rings. The topological polar surface area (TPSA) is 17.1 Å². The number of carbonyl (C=O) groups is 1. The summed E-state index contributed by atoms with van der Waals surface area (Å²) < 4.78 is 0. The zero-order valence-electron chi connectivity index (χ0n) is 9.25. The molecular formula is C13H20O. The minimum Gasteiger partial charge on any atom is -0.295 e. The molecule has 0 spiro atoms. The Morgan fingerprint density at radius 3 is 2.79 bits per heavy atom. The molecule has 0 heterocycles. The van der Waals surface area contributed by atoms with Crippen molar-refractivity contribution in [3.8, 4) is 0 Å². The summed E-state index contributed by atoms with van der Waals surface area (Å²) in [5, 5.41) is 0. The lowest BCUT2D eigenvalue weighted by Crippen LogP contribution is -2.25. The normalized spacial score (nSPS) is 32.8. The zero-order valence-corrected chi connectivity index (χ0v) is 9.25. The van der Waals surface area contributed by atoms with E-state index in [1.54, 1.807) is 0 Å². The Bertz CT molecular complexity index is 262. The van der Waals surface area contributed by atoms with Crippen LogP contribution in [0.3, 0.4) is 0 Å². The smallest absolute Gasteiger partial charge is 0.155 e. The fourth-order valence-corrected chi connectivity index (χ4v) is 2.89. The minimum absolute atomic E-state index is 0.360. The van der Waals surface area contributed by atoms with Crippen LogP contribution in [0.4, 0.5) is 0 Å². The molecule has 14 heavy (non-hydrogen) atoms. The molecule has 2 rings (SSSR count). The van der Waals surface area contributed by atoms with Crippen molar-refractivity contribution in [1.82, 2.24) is 0 Å². The second kappa shape index (κ2) is 3.88. The van der Waals surface area contributed by atoms with Gasteiger partial charge in [-0.1, -0.05) is 19.4 Å². The second-order valence-electron chi connectivity index (χ2n) is 5.20. The second-order valence-corrected chi connectivity index (χ2v) is 5.20. The number of fused-ring (bicyclic) bond motifs is 1. The molecule has 1 fully saturated rings. The maximum absolute atomic E-state index is 11.3. The van der Waals surface area contributed by atoms with Crippen molar-refractivity contribution in [2.24, 2.45) is 17.8 Å². The summed E-state index contributed by atoms with van der Waals surface area (Å²) >= 11 is 0. The Balaban J connectivity index is 2.06. The fourth-order valence-electron chi connectivity index (χ4n) is 2.89. The van der Waals surface area contributed by atoms with Gasteiger partial charge in [0.25, 0.3) is 0 Å². The van der Waals surface area contributed by atoms with Gasteiger partial charge in [0.2, 0.25) is 0 Å². The third-order valence-electron chi connectivity index (χ3n) is 3.94. The first kappa shape index (κ1) is 9.95. The molecule has 2 unspecified atom stereocenters. The molecule has 0 amide bonds. The molecule has 1 nitrogen and oxygen atoms in total. The van der Waals surface area contributed by atoms with Gasteiger partial charge in [-0.25, -0.2) is 0 Å². The van der Waals surface area contributed by atoms with E-state index < -0.39 is 0 Å². The highest BCUT2D eigenvalue weighted by atomic mass is 16.1. The number of allylic oxidation sites excluding steroid dienone is 2. The van der Waals surface area contributed by atoms with Crippen LogP contribution in [0.1, 0.15) is 46.0 Å². The summed E-state index contributed by atoms with van der Waals surface area (Å²) in [6.45, 7) is 4.65. The number of carbonyl (C=O) groups excluding carboxylic acids is 1. The molecule has 0 aromatic carbocycles. The number of hydrogen-bond donors (Lipinski definition) is 0. The van der Waals surface area contributed by atoms with E-state index in [1.165, 1.54) is 24.8 Å². The van der Waals surface area contributed by atoms with E-state index in [0.29, 0.717) is 5.78 Å². The van der Waals surface area contributed by atoms with E-state index in [4.69, 9.17) is 0 Å². The Labute approximate surface area is 86.6 Å². The average Bonchev–Trinajstić information content (AvgIpc) is 2.16. The van der Waals surface area contributed by atoms with Gasteiger partial charge in [-0.3, -0.25) is 4.79 Å². The molecule has 2 aliphatic rings.